The normalized spacial score (nSPS) is 10.9. The lowest BCUT2D eigenvalue weighted by Crippen LogP contribution is -2.24. The molecule has 0 aliphatic heterocycles. The number of aromatic nitrogens is 1. The number of carbonyl (C=O) groups is 2. The number of likely N-dealkylation sites (N-methyl/N-ethyl adjacent to an activating group) is 1. The Morgan fingerprint density at radius 2 is 1.82 bits per heavy atom. The number of amides is 1. The number of ether oxygens (including phenoxy) is 1. The van der Waals surface area contributed by atoms with E-state index in [1.165, 1.54) is 17.7 Å². The molecule has 0 spiro atoms. The maximum Gasteiger partial charge on any atom is 0.262 e. The molecule has 0 bridgehead atoms. The van der Waals surface area contributed by atoms with Gasteiger partial charge in [0.2, 0.25) is 5.91 Å². The van der Waals surface area contributed by atoms with Crippen molar-refractivity contribution in [3.63, 3.8) is 0 Å². The molecule has 5 nitrogen and oxygen atoms in total. The first-order chi connectivity index (χ1) is 13.4. The van der Waals surface area contributed by atoms with Gasteiger partial charge in [-0.2, -0.15) is 0 Å². The van der Waals surface area contributed by atoms with Crippen LogP contribution in [0.5, 0.6) is 5.75 Å². The number of rotatable bonds is 5. The lowest BCUT2D eigenvalue weighted by atomic mass is 10.1. The van der Waals surface area contributed by atoms with Gasteiger partial charge in [0.15, 0.2) is 11.6 Å². The first-order valence-electron chi connectivity index (χ1n) is 9.12. The summed E-state index contributed by atoms with van der Waals surface area (Å²) in [6.45, 7) is 6.06. The molecule has 3 rings (SSSR count). The van der Waals surface area contributed by atoms with Gasteiger partial charge in [-0.05, 0) is 44.5 Å². The fourth-order valence-corrected chi connectivity index (χ4v) is 3.37. The molecule has 0 saturated carbocycles. The minimum Gasteiger partial charge on any atom is -0.494 e. The Hall–Kier alpha value is -3.15. The van der Waals surface area contributed by atoms with Crippen LogP contribution in [0.15, 0.2) is 36.4 Å². The predicted octanol–water partition coefficient (Wildman–Crippen LogP) is 3.77. The third kappa shape index (κ3) is 3.50. The third-order valence-corrected chi connectivity index (χ3v) is 4.82. The number of carbonyl (C=O) groups excluding carboxylic acids is 2. The number of hydrogen-bond acceptors (Lipinski definition) is 3. The number of halogens is 1. The molecular weight excluding hydrogens is 359 g/mol. The van der Waals surface area contributed by atoms with E-state index in [0.29, 0.717) is 34.3 Å². The first kappa shape index (κ1) is 19.6. The van der Waals surface area contributed by atoms with Crippen molar-refractivity contribution in [3.8, 4) is 5.75 Å². The molecule has 0 radical (unpaired) electrons. The van der Waals surface area contributed by atoms with Crippen LogP contribution >= 0.6 is 0 Å². The van der Waals surface area contributed by atoms with Crippen molar-refractivity contribution in [2.24, 2.45) is 0 Å². The van der Waals surface area contributed by atoms with E-state index in [2.05, 4.69) is 5.32 Å². The van der Waals surface area contributed by atoms with Gasteiger partial charge in [0, 0.05) is 29.3 Å². The molecule has 0 aliphatic carbocycles. The van der Waals surface area contributed by atoms with Crippen LogP contribution in [0.2, 0.25) is 0 Å². The highest BCUT2D eigenvalue weighted by atomic mass is 19.1. The second-order valence-corrected chi connectivity index (χ2v) is 6.70. The maximum absolute atomic E-state index is 14.4. The van der Waals surface area contributed by atoms with Crippen LogP contribution < -0.4 is 10.1 Å². The number of methoxy groups -OCH3 is 1. The highest BCUT2D eigenvalue weighted by Gasteiger charge is 2.23. The summed E-state index contributed by atoms with van der Waals surface area (Å²) in [7, 11) is 1.38. The predicted molar refractivity (Wildman–Crippen MR) is 106 cm³/mol. The number of nitrogens with zero attached hydrogens (tertiary/aromatic N) is 1. The molecule has 1 N–H and O–H groups in total. The quantitative estimate of drug-likeness (QED) is 0.731. The van der Waals surface area contributed by atoms with Crippen molar-refractivity contribution in [1.82, 2.24) is 9.88 Å². The number of benzene rings is 2. The Labute approximate surface area is 163 Å². The van der Waals surface area contributed by atoms with Crippen molar-refractivity contribution in [2.45, 2.75) is 27.2 Å². The van der Waals surface area contributed by atoms with Gasteiger partial charge in [0.05, 0.1) is 19.0 Å². The van der Waals surface area contributed by atoms with Gasteiger partial charge in [-0.15, -0.1) is 0 Å². The molecule has 0 saturated heterocycles. The fourth-order valence-electron chi connectivity index (χ4n) is 3.37. The number of nitrogens with one attached hydrogen (secondary N) is 1. The molecule has 0 unspecified atom stereocenters. The maximum atomic E-state index is 14.4. The lowest BCUT2D eigenvalue weighted by Gasteiger charge is -2.08. The second kappa shape index (κ2) is 7.84. The summed E-state index contributed by atoms with van der Waals surface area (Å²) in [5, 5.41) is 3.39. The van der Waals surface area contributed by atoms with Crippen molar-refractivity contribution in [3.05, 3.63) is 64.6 Å². The Balaban J connectivity index is 2.22. The van der Waals surface area contributed by atoms with Gasteiger partial charge in [0.1, 0.15) is 0 Å². The summed E-state index contributed by atoms with van der Waals surface area (Å²) in [5.41, 5.74) is 3.24. The van der Waals surface area contributed by atoms with E-state index < -0.39 is 5.82 Å². The average Bonchev–Trinajstić information content (AvgIpc) is 2.92. The fraction of sp³-hybridized carbons (Fsp3) is 0.273. The van der Waals surface area contributed by atoms with E-state index in [9.17, 15) is 14.0 Å². The Morgan fingerprint density at radius 1 is 1.14 bits per heavy atom. The van der Waals surface area contributed by atoms with E-state index in [0.717, 1.165) is 5.56 Å². The Kier molecular flexibility index (Phi) is 5.49. The molecule has 0 fully saturated rings. The van der Waals surface area contributed by atoms with Crippen LogP contribution in [0, 0.1) is 19.7 Å². The van der Waals surface area contributed by atoms with Crippen LogP contribution in [0.3, 0.4) is 0 Å². The van der Waals surface area contributed by atoms with Crippen LogP contribution in [-0.4, -0.2) is 30.0 Å². The SMILES string of the molecule is CCNC(=O)Cc1c(C)n(C(=O)c2ccc(C)cc2)c2cc(F)c(OC)cc12. The Morgan fingerprint density at radius 3 is 2.43 bits per heavy atom. The van der Waals surface area contributed by atoms with Crippen LogP contribution in [0.4, 0.5) is 4.39 Å². The van der Waals surface area contributed by atoms with Crippen LogP contribution in [-0.2, 0) is 11.2 Å². The van der Waals surface area contributed by atoms with Gasteiger partial charge >= 0.3 is 0 Å². The summed E-state index contributed by atoms with van der Waals surface area (Å²) < 4.78 is 21.0. The number of aryl methyl sites for hydroxylation is 1. The second-order valence-electron chi connectivity index (χ2n) is 6.70. The summed E-state index contributed by atoms with van der Waals surface area (Å²) in [5.74, 6) is -0.912. The Bertz CT molecular complexity index is 1050. The minimum absolute atomic E-state index is 0.0737. The van der Waals surface area contributed by atoms with E-state index >= 15 is 0 Å². The zero-order valence-electron chi connectivity index (χ0n) is 16.4. The number of hydrogen-bond donors (Lipinski definition) is 1. The molecule has 1 heterocycles. The molecule has 1 amide bonds. The van der Waals surface area contributed by atoms with E-state index in [1.54, 1.807) is 25.1 Å². The first-order valence-corrected chi connectivity index (χ1v) is 9.12. The highest BCUT2D eigenvalue weighted by Crippen LogP contribution is 2.32. The van der Waals surface area contributed by atoms with Gasteiger partial charge in [-0.1, -0.05) is 17.7 Å². The van der Waals surface area contributed by atoms with E-state index in [4.69, 9.17) is 4.74 Å². The van der Waals surface area contributed by atoms with Gasteiger partial charge in [-0.25, -0.2) is 4.39 Å². The van der Waals surface area contributed by atoms with Crippen molar-refractivity contribution in [2.75, 3.05) is 13.7 Å². The summed E-state index contributed by atoms with van der Waals surface area (Å²) in [4.78, 5) is 25.4. The average molecular weight is 382 g/mol. The molecule has 28 heavy (non-hydrogen) atoms. The van der Waals surface area contributed by atoms with Gasteiger partial charge in [0.25, 0.3) is 5.91 Å². The largest absolute Gasteiger partial charge is 0.494 e. The summed E-state index contributed by atoms with van der Waals surface area (Å²) in [6, 6.07) is 10.0. The zero-order chi connectivity index (χ0) is 20.4. The van der Waals surface area contributed by atoms with Gasteiger partial charge in [-0.3, -0.25) is 14.2 Å². The molecule has 0 atom stereocenters. The molecule has 2 aromatic carbocycles. The van der Waals surface area contributed by atoms with Crippen LogP contribution in [0.1, 0.15) is 34.1 Å². The topological polar surface area (TPSA) is 60.3 Å². The summed E-state index contributed by atoms with van der Waals surface area (Å²) >= 11 is 0. The van der Waals surface area contributed by atoms with Crippen molar-refractivity contribution in [1.29, 1.82) is 0 Å². The molecule has 3 aromatic rings. The molecule has 0 aliphatic rings. The third-order valence-electron chi connectivity index (χ3n) is 4.82. The molecule has 6 heteroatoms. The van der Waals surface area contributed by atoms with E-state index in [1.807, 2.05) is 26.0 Å². The zero-order valence-corrected chi connectivity index (χ0v) is 16.4. The summed E-state index contributed by atoms with van der Waals surface area (Å²) in [6.07, 6.45) is 0.0964. The minimum atomic E-state index is -0.560. The monoisotopic (exact) mass is 382 g/mol. The van der Waals surface area contributed by atoms with Crippen molar-refractivity contribution >= 4 is 22.7 Å². The lowest BCUT2D eigenvalue weighted by molar-refractivity contribution is -0.120. The smallest absolute Gasteiger partial charge is 0.262 e. The van der Waals surface area contributed by atoms with E-state index in [-0.39, 0.29) is 24.0 Å². The molecule has 146 valence electrons. The highest BCUT2D eigenvalue weighted by molar-refractivity contribution is 6.05. The van der Waals surface area contributed by atoms with Crippen molar-refractivity contribution < 1.29 is 18.7 Å². The number of fused-ring (bicyclic) bond motifs is 1. The molecule has 1 aromatic heterocycles. The standard InChI is InChI=1S/C22H23FN2O3/c1-5-24-21(26)11-16-14(3)25(22(27)15-8-6-13(2)7-9-15)19-12-18(23)20(28-4)10-17(16)19/h6-10,12H,5,11H2,1-4H3,(H,24,26). The van der Waals surface area contributed by atoms with Gasteiger partial charge < -0.3 is 10.1 Å². The molecular formula is C22H23FN2O3. The van der Waals surface area contributed by atoms with Crippen LogP contribution in [0.25, 0.3) is 10.9 Å².